The molecule has 0 aliphatic carbocycles. The number of hydrogen-bond acceptors (Lipinski definition) is 0. The normalized spacial score (nSPS) is 23.1. The van der Waals surface area contributed by atoms with Gasteiger partial charge in [-0.3, -0.25) is 0 Å². The van der Waals surface area contributed by atoms with Gasteiger partial charge in [0.2, 0.25) is 0 Å². The van der Waals surface area contributed by atoms with Crippen molar-refractivity contribution in [3.63, 3.8) is 0 Å². The van der Waals surface area contributed by atoms with Gasteiger partial charge in [0.05, 0.1) is 0 Å². The summed E-state index contributed by atoms with van der Waals surface area (Å²) in [7, 11) is 0. The second kappa shape index (κ2) is 9.00. The minimum atomic E-state index is -0.103. The van der Waals surface area contributed by atoms with Crippen LogP contribution in [0, 0.1) is 0 Å². The summed E-state index contributed by atoms with van der Waals surface area (Å²) < 4.78 is 3.99. The summed E-state index contributed by atoms with van der Waals surface area (Å²) in [5.41, 5.74) is 0. The molecule has 0 nitrogen and oxygen atoms in total. The molecule has 0 bridgehead atoms. The van der Waals surface area contributed by atoms with Crippen LogP contribution in [0.3, 0.4) is 0 Å². The molecule has 0 fully saturated rings. The van der Waals surface area contributed by atoms with Gasteiger partial charge in [-0.25, -0.2) is 0 Å². The Labute approximate surface area is 125 Å². The maximum absolute atomic E-state index is 2.52. The smallest absolute Gasteiger partial charge is 1.00 e. The monoisotopic (exact) mass is 538 g/mol. The van der Waals surface area contributed by atoms with Gasteiger partial charge in [0.1, 0.15) is 0 Å². The molecule has 2 atom stereocenters. The molecule has 13 heavy (non-hydrogen) atoms. The van der Waals surface area contributed by atoms with Crippen LogP contribution >= 0.6 is 0 Å². The van der Waals surface area contributed by atoms with Crippen LogP contribution < -0.4 is 24.8 Å². The van der Waals surface area contributed by atoms with Crippen LogP contribution in [0.15, 0.2) is 21.9 Å². The third-order valence-corrected chi connectivity index (χ3v) is 35.8. The molecular formula is C6H6As4Cl2Zr. The van der Waals surface area contributed by atoms with Crippen molar-refractivity contribution >= 4 is 57.9 Å². The van der Waals surface area contributed by atoms with Gasteiger partial charge in [0, 0.05) is 0 Å². The van der Waals surface area contributed by atoms with Crippen LogP contribution in [0.4, 0.5) is 0 Å². The Bertz CT molecular complexity index is 256. The zero-order chi connectivity index (χ0) is 7.52. The van der Waals surface area contributed by atoms with E-state index in [4.69, 9.17) is 0 Å². The number of halogens is 2. The minimum Gasteiger partial charge on any atom is -1.00 e. The Hall–Kier alpha value is 2.92. The van der Waals surface area contributed by atoms with Crippen molar-refractivity contribution in [2.75, 3.05) is 0 Å². The first kappa shape index (κ1) is 15.9. The van der Waals surface area contributed by atoms with Crippen LogP contribution in [0.5, 0.6) is 0 Å². The van der Waals surface area contributed by atoms with Crippen molar-refractivity contribution in [2.45, 2.75) is 0 Å². The minimum absolute atomic E-state index is 0. The molecule has 0 radical (unpaired) electrons. The first-order valence-electron chi connectivity index (χ1n) is 3.22. The molecule has 0 saturated carbocycles. The van der Waals surface area contributed by atoms with Crippen molar-refractivity contribution in [3.8, 4) is 0 Å². The summed E-state index contributed by atoms with van der Waals surface area (Å²) in [5.74, 6) is 0. The van der Waals surface area contributed by atoms with Gasteiger partial charge in [-0.1, -0.05) is 0 Å². The summed E-state index contributed by atoms with van der Waals surface area (Å²) >= 11 is 2.37. The van der Waals surface area contributed by atoms with Crippen LogP contribution in [-0.4, -0.2) is 57.9 Å². The Balaban J connectivity index is 0.000000720. The molecule has 68 valence electrons. The largest absolute Gasteiger partial charge is 1.00 e. The molecular weight excluding hydrogens is 534 g/mol. The third-order valence-electron chi connectivity index (χ3n) is 1.26. The van der Waals surface area contributed by atoms with Crippen LogP contribution in [0.25, 0.3) is 0 Å². The van der Waals surface area contributed by atoms with Crippen molar-refractivity contribution in [2.24, 2.45) is 0 Å². The van der Waals surface area contributed by atoms with Gasteiger partial charge in [-0.15, -0.1) is 0 Å². The molecule has 0 spiro atoms. The Morgan fingerprint density at radius 1 is 0.923 bits per heavy atom. The maximum Gasteiger partial charge on any atom is -1.00 e. The molecule has 0 aromatic rings. The summed E-state index contributed by atoms with van der Waals surface area (Å²) in [6.07, 6.45) is 5.01. The fourth-order valence-electron chi connectivity index (χ4n) is 0.791. The molecule has 2 aliphatic rings. The van der Waals surface area contributed by atoms with E-state index in [1.165, 1.54) is 0 Å². The molecule has 0 aromatic heterocycles. The third kappa shape index (κ3) is 5.69. The molecule has 7 heteroatoms. The van der Waals surface area contributed by atoms with Gasteiger partial charge in [-0.05, 0) is 0 Å². The first-order valence-corrected chi connectivity index (χ1v) is 21.6. The zero-order valence-corrected chi connectivity index (χ0v) is 18.4. The van der Waals surface area contributed by atoms with E-state index in [0.717, 1.165) is 26.5 Å². The molecule has 0 N–H and O–H groups in total. The standard InChI is InChI=1S/2C3H3As2.2ClH.Zr/c2*1-2-4-5-3-1;;;/h2*1-2,4H;2*1H;/q;;;;+2/p-2. The molecule has 0 amide bonds. The number of allylic oxidation sites excluding steroid dienone is 2. The molecule has 2 aliphatic heterocycles. The molecule has 2 heterocycles. The quantitative estimate of drug-likeness (QED) is 0.306. The van der Waals surface area contributed by atoms with Gasteiger partial charge in [-0.2, -0.15) is 0 Å². The van der Waals surface area contributed by atoms with E-state index in [0.29, 0.717) is 27.4 Å². The van der Waals surface area contributed by atoms with E-state index in [2.05, 4.69) is 21.9 Å². The molecule has 0 aromatic carbocycles. The molecule has 0 saturated heterocycles. The Morgan fingerprint density at radius 2 is 1.38 bits per heavy atom. The van der Waals surface area contributed by atoms with Gasteiger partial charge >= 0.3 is 103 Å². The summed E-state index contributed by atoms with van der Waals surface area (Å²) in [6, 6.07) is 0. The fourth-order valence-corrected chi connectivity index (χ4v) is 38.6. The van der Waals surface area contributed by atoms with E-state index in [-0.39, 0.29) is 48.0 Å². The average Bonchev–Trinajstić information content (AvgIpc) is 2.60. The van der Waals surface area contributed by atoms with E-state index in [1.807, 2.05) is 4.02 Å². The van der Waals surface area contributed by atoms with Crippen molar-refractivity contribution in [1.29, 1.82) is 0 Å². The predicted molar refractivity (Wildman–Crippen MR) is 54.1 cm³/mol. The Kier molecular flexibility index (Phi) is 11.0. The van der Waals surface area contributed by atoms with Gasteiger partial charge in [0.15, 0.2) is 0 Å². The van der Waals surface area contributed by atoms with E-state index in [9.17, 15) is 0 Å². The topological polar surface area (TPSA) is 0 Å². The molecule has 2 unspecified atom stereocenters. The van der Waals surface area contributed by atoms with Gasteiger partial charge < -0.3 is 24.8 Å². The second-order valence-electron chi connectivity index (χ2n) is 2.04. The second-order valence-corrected chi connectivity index (χ2v) is 25.7. The SMILES string of the molecule is C1=C[C]([Zr+2][C]2=[As][AsH]C=C2)=[As][AsH]1.[Cl-].[Cl-]. The van der Waals surface area contributed by atoms with E-state index in [1.54, 1.807) is 0 Å². The summed E-state index contributed by atoms with van der Waals surface area (Å²) in [6.45, 7) is 0. The Morgan fingerprint density at radius 3 is 1.69 bits per heavy atom. The maximum atomic E-state index is 2.52. The number of rotatable bonds is 2. The predicted octanol–water partition coefficient (Wildman–Crippen LogP) is -7.50. The van der Waals surface area contributed by atoms with Crippen molar-refractivity contribution in [3.05, 3.63) is 21.9 Å². The zero-order valence-electron chi connectivity index (χ0n) is 6.46. The summed E-state index contributed by atoms with van der Waals surface area (Å²) in [5, 5.41) is 0. The first-order chi connectivity index (χ1) is 5.45. The number of hydrogen-bond donors (Lipinski definition) is 0. The van der Waals surface area contributed by atoms with Crippen molar-refractivity contribution in [1.82, 2.24) is 0 Å². The van der Waals surface area contributed by atoms with Crippen LogP contribution in [0.2, 0.25) is 0 Å². The van der Waals surface area contributed by atoms with Gasteiger partial charge in [0.25, 0.3) is 0 Å². The van der Waals surface area contributed by atoms with Crippen molar-refractivity contribution < 1.29 is 48.0 Å². The van der Waals surface area contributed by atoms with E-state index < -0.39 is 0 Å². The molecule has 2 rings (SSSR count). The van der Waals surface area contributed by atoms with Crippen LogP contribution in [0.1, 0.15) is 0 Å². The average molecular weight is 540 g/mol. The van der Waals surface area contributed by atoms with E-state index >= 15 is 0 Å². The fraction of sp³-hybridized carbons (Fsp3) is 0. The van der Waals surface area contributed by atoms with Crippen LogP contribution in [-0.2, 0) is 23.2 Å². The summed E-state index contributed by atoms with van der Waals surface area (Å²) in [4.78, 5) is 5.03.